The molecular weight excluding hydrogens is 362 g/mol. The van der Waals surface area contributed by atoms with Gasteiger partial charge in [-0.05, 0) is 51.9 Å². The summed E-state index contributed by atoms with van der Waals surface area (Å²) < 4.78 is 37.0. The topological polar surface area (TPSA) is 39.9 Å². The number of hydrogen-bond donors (Lipinski definition) is 0. The molecule has 2 aromatic rings. The number of halogens is 4. The molecule has 18 heavy (non-hydrogen) atoms. The maximum absolute atomic E-state index is 12.6. The van der Waals surface area contributed by atoms with E-state index in [0.29, 0.717) is 5.52 Å². The maximum atomic E-state index is 12.6. The number of fused-ring (bicyclic) bond motifs is 1. The number of terminal acetylenes is 1. The van der Waals surface area contributed by atoms with Gasteiger partial charge in [-0.25, -0.2) is 0 Å². The molecule has 8 heteroatoms. The minimum atomic E-state index is -4.43. The number of alkyl halides is 4. The normalized spacial score (nSPS) is 13.3. The lowest BCUT2D eigenvalue weighted by atomic mass is 10.2. The van der Waals surface area contributed by atoms with E-state index in [4.69, 9.17) is 11.3 Å². The Bertz CT molecular complexity index is 617. The summed E-state index contributed by atoms with van der Waals surface area (Å²) in [6.45, 7) is 0. The van der Waals surface area contributed by atoms with Gasteiger partial charge < -0.3 is 4.84 Å². The van der Waals surface area contributed by atoms with Gasteiger partial charge in [0, 0.05) is 0 Å². The Morgan fingerprint density at radius 3 is 2.78 bits per heavy atom. The lowest BCUT2D eigenvalue weighted by Crippen LogP contribution is -2.19. The minimum absolute atomic E-state index is 0.113. The molecule has 0 spiro atoms. The molecule has 1 aromatic heterocycles. The monoisotopic (exact) mass is 367 g/mol. The maximum Gasteiger partial charge on any atom is 0.416 e. The molecular formula is C10H5F3IN3O. The molecule has 0 aliphatic carbocycles. The van der Waals surface area contributed by atoms with E-state index in [-0.39, 0.29) is 5.52 Å². The van der Waals surface area contributed by atoms with Crippen LogP contribution < -0.4 is 4.84 Å². The summed E-state index contributed by atoms with van der Waals surface area (Å²) in [6, 6.07) is 3.07. The van der Waals surface area contributed by atoms with Crippen molar-refractivity contribution in [3.8, 4) is 12.3 Å². The number of hydrogen-bond acceptors (Lipinski definition) is 3. The molecule has 0 aliphatic heterocycles. The fourth-order valence-electron chi connectivity index (χ4n) is 1.27. The van der Waals surface area contributed by atoms with Crippen LogP contribution in [0.2, 0.25) is 0 Å². The van der Waals surface area contributed by atoms with Gasteiger partial charge in [0.2, 0.25) is 4.11 Å². The van der Waals surface area contributed by atoms with Crippen LogP contribution in [-0.4, -0.2) is 19.3 Å². The van der Waals surface area contributed by atoms with Crippen molar-refractivity contribution in [1.82, 2.24) is 15.2 Å². The third-order valence-electron chi connectivity index (χ3n) is 2.07. The van der Waals surface area contributed by atoms with Crippen molar-refractivity contribution in [3.05, 3.63) is 23.8 Å². The summed E-state index contributed by atoms with van der Waals surface area (Å²) in [5, 5.41) is 7.26. The van der Waals surface area contributed by atoms with Gasteiger partial charge in [-0.15, -0.1) is 11.5 Å². The highest BCUT2D eigenvalue weighted by Gasteiger charge is 2.31. The van der Waals surface area contributed by atoms with E-state index in [1.165, 1.54) is 6.07 Å². The van der Waals surface area contributed by atoms with Crippen molar-refractivity contribution in [1.29, 1.82) is 0 Å². The molecule has 1 unspecified atom stereocenters. The number of aromatic nitrogens is 3. The lowest BCUT2D eigenvalue weighted by molar-refractivity contribution is -0.137. The van der Waals surface area contributed by atoms with Crippen LogP contribution in [-0.2, 0) is 6.18 Å². The van der Waals surface area contributed by atoms with Crippen LogP contribution >= 0.6 is 22.6 Å². The summed E-state index contributed by atoms with van der Waals surface area (Å²) in [6.07, 6.45) is 0.676. The Morgan fingerprint density at radius 1 is 1.44 bits per heavy atom. The SMILES string of the molecule is C#CC(I)On1nnc2ccc(C(F)(F)F)cc21. The van der Waals surface area contributed by atoms with Crippen molar-refractivity contribution in [2.45, 2.75) is 10.3 Å². The van der Waals surface area contributed by atoms with Crippen LogP contribution in [0.3, 0.4) is 0 Å². The van der Waals surface area contributed by atoms with Gasteiger partial charge in [-0.2, -0.15) is 13.2 Å². The molecule has 0 aliphatic rings. The fraction of sp³-hybridized carbons (Fsp3) is 0.200. The smallest absolute Gasteiger partial charge is 0.368 e. The first kappa shape index (κ1) is 12.9. The Hall–Kier alpha value is -1.50. The summed E-state index contributed by atoms with van der Waals surface area (Å²) in [7, 11) is 0. The van der Waals surface area contributed by atoms with E-state index in [1.54, 1.807) is 22.6 Å². The van der Waals surface area contributed by atoms with E-state index >= 15 is 0 Å². The highest BCUT2D eigenvalue weighted by atomic mass is 127. The largest absolute Gasteiger partial charge is 0.416 e. The van der Waals surface area contributed by atoms with Gasteiger partial charge in [0.05, 0.1) is 5.56 Å². The highest BCUT2D eigenvalue weighted by molar-refractivity contribution is 14.1. The molecule has 1 atom stereocenters. The zero-order valence-electron chi connectivity index (χ0n) is 8.65. The second kappa shape index (κ2) is 4.64. The second-order valence-electron chi connectivity index (χ2n) is 3.25. The van der Waals surface area contributed by atoms with E-state index in [2.05, 4.69) is 16.2 Å². The lowest BCUT2D eigenvalue weighted by Gasteiger charge is -2.08. The first-order valence-electron chi connectivity index (χ1n) is 4.62. The van der Waals surface area contributed by atoms with E-state index in [9.17, 15) is 13.2 Å². The van der Waals surface area contributed by atoms with Gasteiger partial charge >= 0.3 is 6.18 Å². The Kier molecular flexibility index (Phi) is 3.34. The van der Waals surface area contributed by atoms with Gasteiger partial charge in [-0.3, -0.25) is 0 Å². The molecule has 94 valence electrons. The van der Waals surface area contributed by atoms with E-state index < -0.39 is 15.9 Å². The van der Waals surface area contributed by atoms with Crippen molar-refractivity contribution >= 4 is 33.6 Å². The minimum Gasteiger partial charge on any atom is -0.368 e. The number of rotatable bonds is 2. The predicted octanol–water partition coefficient (Wildman–Crippen LogP) is 2.27. The van der Waals surface area contributed by atoms with Crippen molar-refractivity contribution in [2.24, 2.45) is 0 Å². The third-order valence-corrected chi connectivity index (χ3v) is 2.65. The first-order valence-corrected chi connectivity index (χ1v) is 5.86. The highest BCUT2D eigenvalue weighted by Crippen LogP contribution is 2.30. The van der Waals surface area contributed by atoms with Crippen LogP contribution in [0.4, 0.5) is 13.2 Å². The van der Waals surface area contributed by atoms with Crippen molar-refractivity contribution in [2.75, 3.05) is 0 Å². The van der Waals surface area contributed by atoms with Gasteiger partial charge in [0.25, 0.3) is 0 Å². The third kappa shape index (κ3) is 2.50. The van der Waals surface area contributed by atoms with Gasteiger partial charge in [0.15, 0.2) is 0 Å². The molecule has 0 N–H and O–H groups in total. The molecule has 4 nitrogen and oxygen atoms in total. The molecule has 0 saturated carbocycles. The molecule has 0 fully saturated rings. The van der Waals surface area contributed by atoms with Crippen LogP contribution in [0.1, 0.15) is 5.56 Å². The van der Waals surface area contributed by atoms with Crippen molar-refractivity contribution in [3.63, 3.8) is 0 Å². The molecule has 0 saturated heterocycles. The molecule has 1 heterocycles. The fourth-order valence-corrected chi connectivity index (χ4v) is 1.49. The van der Waals surface area contributed by atoms with Crippen LogP contribution in [0.25, 0.3) is 11.0 Å². The summed E-state index contributed by atoms with van der Waals surface area (Å²) in [4.78, 5) is 6.00. The summed E-state index contributed by atoms with van der Waals surface area (Å²) in [5.41, 5.74) is -0.391. The summed E-state index contributed by atoms with van der Waals surface area (Å²) >= 11 is 1.79. The quantitative estimate of drug-likeness (QED) is 0.465. The average Bonchev–Trinajstić information content (AvgIpc) is 2.70. The van der Waals surface area contributed by atoms with Crippen LogP contribution in [0.5, 0.6) is 0 Å². The zero-order valence-corrected chi connectivity index (χ0v) is 10.8. The second-order valence-corrected chi connectivity index (χ2v) is 4.38. The Balaban J connectivity index is 2.47. The van der Waals surface area contributed by atoms with Crippen LogP contribution in [0.15, 0.2) is 18.2 Å². The number of nitrogens with zero attached hydrogens (tertiary/aromatic N) is 3. The Labute approximate surface area is 113 Å². The molecule has 0 amide bonds. The average molecular weight is 367 g/mol. The zero-order chi connectivity index (χ0) is 13.3. The molecule has 0 bridgehead atoms. The van der Waals surface area contributed by atoms with Gasteiger partial charge in [0.1, 0.15) is 11.0 Å². The molecule has 0 radical (unpaired) electrons. The first-order chi connectivity index (χ1) is 8.41. The van der Waals surface area contributed by atoms with Gasteiger partial charge in [-0.1, -0.05) is 4.85 Å². The van der Waals surface area contributed by atoms with Crippen LogP contribution in [0, 0.1) is 12.3 Å². The van der Waals surface area contributed by atoms with Crippen molar-refractivity contribution < 1.29 is 18.0 Å². The molecule has 2 rings (SSSR count). The number of benzene rings is 1. The predicted molar refractivity (Wildman–Crippen MR) is 65.8 cm³/mol. The molecule has 1 aromatic carbocycles. The van der Waals surface area contributed by atoms with E-state index in [1.807, 2.05) is 0 Å². The standard InChI is InChI=1S/C10H5F3IN3O/c1-2-9(14)18-17-8-5-6(10(11,12)13)3-4-7(8)15-16-17/h1,3-5,9H. The Morgan fingerprint density at radius 2 is 2.17 bits per heavy atom. The van der Waals surface area contributed by atoms with E-state index in [0.717, 1.165) is 17.0 Å². The summed E-state index contributed by atoms with van der Waals surface area (Å²) in [5.74, 6) is 2.27.